The summed E-state index contributed by atoms with van der Waals surface area (Å²) in [5.74, 6) is 1.13. The Balaban J connectivity index is 1.93. The first-order valence-corrected chi connectivity index (χ1v) is 9.75. The molecule has 1 amide bonds. The minimum absolute atomic E-state index is 0.164. The maximum absolute atomic E-state index is 11.7. The first-order chi connectivity index (χ1) is 12.7. The molecule has 3 aromatic rings. The lowest BCUT2D eigenvalue weighted by molar-refractivity contribution is -0.116. The smallest absolute Gasteiger partial charge is 0.236 e. The van der Waals surface area contributed by atoms with Crippen molar-refractivity contribution in [2.24, 2.45) is 5.73 Å². The van der Waals surface area contributed by atoms with Crippen molar-refractivity contribution in [2.45, 2.75) is 32.6 Å². The second kappa shape index (κ2) is 6.99. The number of pyridine rings is 1. The lowest BCUT2D eigenvalue weighted by Crippen LogP contribution is -2.35. The zero-order chi connectivity index (χ0) is 18.1. The predicted octanol–water partition coefficient (Wildman–Crippen LogP) is 2.94. The van der Waals surface area contributed by atoms with Gasteiger partial charge in [-0.15, -0.1) is 11.3 Å². The summed E-state index contributed by atoms with van der Waals surface area (Å²) in [6.07, 6.45) is 7.73. The Bertz CT molecular complexity index is 953. The van der Waals surface area contributed by atoms with Gasteiger partial charge in [0.05, 0.1) is 11.9 Å². The molecule has 4 rings (SSSR count). The number of nitrogens with two attached hydrogens (primary N) is 1. The molecule has 1 aliphatic rings. The summed E-state index contributed by atoms with van der Waals surface area (Å²) in [7, 11) is 0. The molecule has 1 aliphatic carbocycles. The van der Waals surface area contributed by atoms with Crippen LogP contribution in [0.15, 0.2) is 24.5 Å². The molecule has 26 heavy (non-hydrogen) atoms. The summed E-state index contributed by atoms with van der Waals surface area (Å²) < 4.78 is 0. The van der Waals surface area contributed by atoms with E-state index in [-0.39, 0.29) is 12.5 Å². The minimum atomic E-state index is -0.347. The number of thiophene rings is 1. The zero-order valence-corrected chi connectivity index (χ0v) is 15.6. The van der Waals surface area contributed by atoms with E-state index in [4.69, 9.17) is 15.7 Å². The van der Waals surface area contributed by atoms with Gasteiger partial charge < -0.3 is 10.6 Å². The molecule has 0 atom stereocenters. The summed E-state index contributed by atoms with van der Waals surface area (Å²) >= 11 is 1.75. The molecule has 6 nitrogen and oxygen atoms in total. The van der Waals surface area contributed by atoms with E-state index < -0.39 is 0 Å². The summed E-state index contributed by atoms with van der Waals surface area (Å²) in [5, 5.41) is 1.10. The SMILES string of the molecule is CCCN(CC(N)=O)c1nc(-c2cccnc2)nc2sc3c(c12)CCC3. The normalized spacial score (nSPS) is 13.1. The number of anilines is 1. The average Bonchev–Trinajstić information content (AvgIpc) is 3.21. The quantitative estimate of drug-likeness (QED) is 0.724. The van der Waals surface area contributed by atoms with Gasteiger partial charge in [-0.2, -0.15) is 0 Å². The Kier molecular flexibility index (Phi) is 4.55. The highest BCUT2D eigenvalue weighted by Gasteiger charge is 2.25. The Morgan fingerprint density at radius 2 is 2.23 bits per heavy atom. The van der Waals surface area contributed by atoms with Gasteiger partial charge in [0.1, 0.15) is 10.6 Å². The molecular formula is C19H21N5OS. The first-order valence-electron chi connectivity index (χ1n) is 8.93. The fraction of sp³-hybridized carbons (Fsp3) is 0.368. The number of primary amides is 1. The van der Waals surface area contributed by atoms with Crippen molar-refractivity contribution in [3.8, 4) is 11.4 Å². The number of amides is 1. The molecule has 0 aliphatic heterocycles. The topological polar surface area (TPSA) is 85.0 Å². The van der Waals surface area contributed by atoms with Gasteiger partial charge in [0.25, 0.3) is 0 Å². The molecule has 0 spiro atoms. The van der Waals surface area contributed by atoms with Crippen LogP contribution in [0.5, 0.6) is 0 Å². The van der Waals surface area contributed by atoms with Crippen LogP contribution >= 0.6 is 11.3 Å². The number of aromatic nitrogens is 3. The fourth-order valence-electron chi connectivity index (χ4n) is 3.55. The molecule has 2 N–H and O–H groups in total. The number of nitrogens with zero attached hydrogens (tertiary/aromatic N) is 4. The maximum atomic E-state index is 11.7. The minimum Gasteiger partial charge on any atom is -0.368 e. The lowest BCUT2D eigenvalue weighted by Gasteiger charge is -2.23. The van der Waals surface area contributed by atoms with Crippen LogP contribution in [-0.2, 0) is 17.6 Å². The summed E-state index contributed by atoms with van der Waals surface area (Å²) in [6.45, 7) is 2.98. The van der Waals surface area contributed by atoms with Crippen molar-refractivity contribution in [1.29, 1.82) is 0 Å². The molecule has 0 fully saturated rings. The van der Waals surface area contributed by atoms with Gasteiger partial charge in [-0.1, -0.05) is 6.92 Å². The largest absolute Gasteiger partial charge is 0.368 e. The summed E-state index contributed by atoms with van der Waals surface area (Å²) in [6, 6.07) is 3.83. The van der Waals surface area contributed by atoms with Crippen molar-refractivity contribution in [3.63, 3.8) is 0 Å². The highest BCUT2D eigenvalue weighted by atomic mass is 32.1. The van der Waals surface area contributed by atoms with Gasteiger partial charge in [-0.25, -0.2) is 9.97 Å². The Labute approximate surface area is 156 Å². The standard InChI is InChI=1S/C19H21N5OS/c1-2-9-24(11-15(20)25)18-16-13-6-3-7-14(13)26-19(16)23-17(22-18)12-5-4-8-21-10-12/h4-5,8,10H,2-3,6-7,9,11H2,1H3,(H2,20,25). The molecule has 0 aromatic carbocycles. The van der Waals surface area contributed by atoms with Crippen LogP contribution in [0.2, 0.25) is 0 Å². The van der Waals surface area contributed by atoms with Crippen molar-refractivity contribution in [1.82, 2.24) is 15.0 Å². The number of hydrogen-bond donors (Lipinski definition) is 1. The molecule has 134 valence electrons. The number of carbonyl (C=O) groups excluding carboxylic acids is 1. The molecule has 7 heteroatoms. The third-order valence-corrected chi connectivity index (χ3v) is 5.79. The average molecular weight is 367 g/mol. The van der Waals surface area contributed by atoms with Crippen LogP contribution in [0.1, 0.15) is 30.2 Å². The number of hydrogen-bond acceptors (Lipinski definition) is 6. The van der Waals surface area contributed by atoms with E-state index in [1.807, 2.05) is 17.0 Å². The molecular weight excluding hydrogens is 346 g/mol. The van der Waals surface area contributed by atoms with Crippen molar-refractivity contribution in [3.05, 3.63) is 35.0 Å². The van der Waals surface area contributed by atoms with Gasteiger partial charge in [0.2, 0.25) is 5.91 Å². The maximum Gasteiger partial charge on any atom is 0.236 e. The number of fused-ring (bicyclic) bond motifs is 3. The number of carbonyl (C=O) groups is 1. The van der Waals surface area contributed by atoms with Gasteiger partial charge in [-0.05, 0) is 43.4 Å². The van der Waals surface area contributed by atoms with Crippen LogP contribution in [0.3, 0.4) is 0 Å². The van der Waals surface area contributed by atoms with E-state index in [1.165, 1.54) is 16.9 Å². The Morgan fingerprint density at radius 3 is 2.96 bits per heavy atom. The number of rotatable bonds is 6. The van der Waals surface area contributed by atoms with Crippen LogP contribution in [0.25, 0.3) is 21.6 Å². The van der Waals surface area contributed by atoms with Crippen LogP contribution in [-0.4, -0.2) is 33.9 Å². The Morgan fingerprint density at radius 1 is 1.35 bits per heavy atom. The molecule has 0 unspecified atom stereocenters. The molecule has 3 aromatic heterocycles. The lowest BCUT2D eigenvalue weighted by atomic mass is 10.1. The highest BCUT2D eigenvalue weighted by Crippen LogP contribution is 2.41. The third-order valence-electron chi connectivity index (χ3n) is 4.61. The summed E-state index contributed by atoms with van der Waals surface area (Å²) in [5.41, 5.74) is 7.74. The van der Waals surface area contributed by atoms with Gasteiger partial charge in [0.15, 0.2) is 5.82 Å². The number of aryl methyl sites for hydroxylation is 2. The molecule has 0 saturated carbocycles. The van der Waals surface area contributed by atoms with Crippen LogP contribution in [0, 0.1) is 0 Å². The second-order valence-corrected chi connectivity index (χ2v) is 7.62. The van der Waals surface area contributed by atoms with E-state index in [0.717, 1.165) is 47.4 Å². The predicted molar refractivity (Wildman–Crippen MR) is 104 cm³/mol. The van der Waals surface area contributed by atoms with Gasteiger partial charge in [-0.3, -0.25) is 9.78 Å². The zero-order valence-electron chi connectivity index (χ0n) is 14.7. The van der Waals surface area contributed by atoms with Gasteiger partial charge in [0, 0.05) is 29.4 Å². The van der Waals surface area contributed by atoms with Crippen molar-refractivity contribution >= 4 is 33.3 Å². The third kappa shape index (κ3) is 3.03. The van der Waals surface area contributed by atoms with E-state index >= 15 is 0 Å². The fourth-order valence-corrected chi connectivity index (χ4v) is 4.80. The van der Waals surface area contributed by atoms with E-state index in [1.54, 1.807) is 23.7 Å². The van der Waals surface area contributed by atoms with E-state index in [0.29, 0.717) is 5.82 Å². The molecule has 0 saturated heterocycles. The first kappa shape index (κ1) is 16.9. The van der Waals surface area contributed by atoms with Crippen LogP contribution < -0.4 is 10.6 Å². The van der Waals surface area contributed by atoms with Crippen LogP contribution in [0.4, 0.5) is 5.82 Å². The second-order valence-electron chi connectivity index (χ2n) is 6.54. The van der Waals surface area contributed by atoms with E-state index in [2.05, 4.69) is 11.9 Å². The van der Waals surface area contributed by atoms with Crippen molar-refractivity contribution in [2.75, 3.05) is 18.0 Å². The summed E-state index contributed by atoms with van der Waals surface area (Å²) in [4.78, 5) is 29.9. The molecule has 0 bridgehead atoms. The Hall–Kier alpha value is -2.54. The van der Waals surface area contributed by atoms with Gasteiger partial charge >= 0.3 is 0 Å². The highest BCUT2D eigenvalue weighted by molar-refractivity contribution is 7.19. The monoisotopic (exact) mass is 367 g/mol. The van der Waals surface area contributed by atoms with Crippen molar-refractivity contribution < 1.29 is 4.79 Å². The molecule has 0 radical (unpaired) electrons. The van der Waals surface area contributed by atoms with E-state index in [9.17, 15) is 4.79 Å². The molecule has 3 heterocycles.